The Morgan fingerprint density at radius 3 is 2.84 bits per heavy atom. The van der Waals surface area contributed by atoms with Crippen LogP contribution < -0.4 is 10.6 Å². The Kier molecular flexibility index (Phi) is 3.47. The molecule has 1 aromatic heterocycles. The van der Waals surface area contributed by atoms with Crippen LogP contribution in [0, 0.1) is 0 Å². The molecule has 0 bridgehead atoms. The molecular formula is C16H19N3. The fourth-order valence-electron chi connectivity index (χ4n) is 2.77. The molecule has 1 atom stereocenters. The van der Waals surface area contributed by atoms with Crippen molar-refractivity contribution in [2.24, 2.45) is 5.73 Å². The number of anilines is 1. The topological polar surface area (TPSA) is 42.1 Å². The lowest BCUT2D eigenvalue weighted by Crippen LogP contribution is -2.19. The Morgan fingerprint density at radius 1 is 1.21 bits per heavy atom. The monoisotopic (exact) mass is 253 g/mol. The van der Waals surface area contributed by atoms with E-state index in [2.05, 4.69) is 52.3 Å². The van der Waals surface area contributed by atoms with E-state index in [4.69, 9.17) is 5.73 Å². The molecule has 0 saturated carbocycles. The number of pyridine rings is 1. The molecule has 0 radical (unpaired) electrons. The van der Waals surface area contributed by atoms with E-state index in [-0.39, 0.29) is 0 Å². The van der Waals surface area contributed by atoms with Crippen LogP contribution in [0.15, 0.2) is 48.7 Å². The van der Waals surface area contributed by atoms with Crippen molar-refractivity contribution in [2.45, 2.75) is 18.9 Å². The van der Waals surface area contributed by atoms with E-state index in [1.165, 1.54) is 17.7 Å². The molecule has 1 aliphatic rings. The highest BCUT2D eigenvalue weighted by atomic mass is 15.2. The lowest BCUT2D eigenvalue weighted by Gasteiger charge is -2.19. The Bertz CT molecular complexity index is 539. The highest BCUT2D eigenvalue weighted by Gasteiger charge is 2.23. The van der Waals surface area contributed by atoms with Gasteiger partial charge in [0.25, 0.3) is 0 Å². The Balaban J connectivity index is 1.75. The van der Waals surface area contributed by atoms with E-state index >= 15 is 0 Å². The first-order chi connectivity index (χ1) is 9.36. The molecule has 98 valence electrons. The third kappa shape index (κ3) is 2.61. The summed E-state index contributed by atoms with van der Waals surface area (Å²) in [4.78, 5) is 6.68. The zero-order valence-electron chi connectivity index (χ0n) is 11.0. The molecular weight excluding hydrogens is 234 g/mol. The van der Waals surface area contributed by atoms with Gasteiger partial charge in [-0.2, -0.15) is 0 Å². The third-order valence-electron chi connectivity index (χ3n) is 3.83. The molecule has 19 heavy (non-hydrogen) atoms. The third-order valence-corrected chi connectivity index (χ3v) is 3.83. The van der Waals surface area contributed by atoms with Crippen molar-refractivity contribution < 1.29 is 0 Å². The fraction of sp³-hybridized carbons (Fsp3) is 0.312. The first-order valence-electron chi connectivity index (χ1n) is 6.81. The molecule has 1 aliphatic heterocycles. The first kappa shape index (κ1) is 12.2. The average Bonchev–Trinajstić information content (AvgIpc) is 2.98. The molecule has 3 nitrogen and oxygen atoms in total. The van der Waals surface area contributed by atoms with Crippen LogP contribution in [-0.4, -0.2) is 18.1 Å². The highest BCUT2D eigenvalue weighted by molar-refractivity contribution is 5.48. The molecule has 1 unspecified atom stereocenters. The van der Waals surface area contributed by atoms with Gasteiger partial charge in [-0.05, 0) is 24.1 Å². The first-order valence-corrected chi connectivity index (χ1v) is 6.81. The van der Waals surface area contributed by atoms with Crippen LogP contribution >= 0.6 is 0 Å². The fourth-order valence-corrected chi connectivity index (χ4v) is 2.77. The van der Waals surface area contributed by atoms with Crippen LogP contribution in [0.5, 0.6) is 0 Å². The number of hydrogen-bond donors (Lipinski definition) is 1. The molecule has 2 aromatic rings. The van der Waals surface area contributed by atoms with Crippen molar-refractivity contribution in [3.63, 3.8) is 0 Å². The zero-order chi connectivity index (χ0) is 13.1. The molecule has 2 N–H and O–H groups in total. The van der Waals surface area contributed by atoms with Gasteiger partial charge in [-0.1, -0.05) is 30.3 Å². The van der Waals surface area contributed by atoms with Crippen molar-refractivity contribution in [2.75, 3.05) is 18.0 Å². The molecule has 0 spiro atoms. The summed E-state index contributed by atoms with van der Waals surface area (Å²) in [6.45, 7) is 2.69. The van der Waals surface area contributed by atoms with E-state index in [1.807, 2.05) is 6.20 Å². The predicted octanol–water partition coefficient (Wildman–Crippen LogP) is 2.53. The molecule has 3 rings (SSSR count). The maximum atomic E-state index is 5.65. The number of nitrogens with two attached hydrogens (primary N) is 1. The molecule has 1 aromatic carbocycles. The summed E-state index contributed by atoms with van der Waals surface area (Å²) in [5, 5.41) is 0. The summed E-state index contributed by atoms with van der Waals surface area (Å²) in [7, 11) is 0. The highest BCUT2D eigenvalue weighted by Crippen LogP contribution is 2.30. The van der Waals surface area contributed by atoms with Crippen molar-refractivity contribution in [1.29, 1.82) is 0 Å². The summed E-state index contributed by atoms with van der Waals surface area (Å²) >= 11 is 0. The van der Waals surface area contributed by atoms with Crippen LogP contribution in [0.25, 0.3) is 0 Å². The molecule has 3 heteroatoms. The van der Waals surface area contributed by atoms with Crippen LogP contribution in [0.2, 0.25) is 0 Å². The number of aromatic nitrogens is 1. The predicted molar refractivity (Wildman–Crippen MR) is 78.1 cm³/mol. The molecule has 1 saturated heterocycles. The van der Waals surface area contributed by atoms with Crippen molar-refractivity contribution in [1.82, 2.24) is 4.98 Å². The van der Waals surface area contributed by atoms with Gasteiger partial charge in [0.05, 0.1) is 5.69 Å². The average molecular weight is 253 g/mol. The quantitative estimate of drug-likeness (QED) is 0.914. The van der Waals surface area contributed by atoms with Crippen molar-refractivity contribution in [3.8, 4) is 0 Å². The van der Waals surface area contributed by atoms with E-state index in [0.717, 1.165) is 18.8 Å². The van der Waals surface area contributed by atoms with E-state index in [0.29, 0.717) is 12.5 Å². The summed E-state index contributed by atoms with van der Waals surface area (Å²) < 4.78 is 0. The van der Waals surface area contributed by atoms with Gasteiger partial charge in [0.2, 0.25) is 0 Å². The van der Waals surface area contributed by atoms with Crippen molar-refractivity contribution in [3.05, 3.63) is 59.9 Å². The maximum Gasteiger partial charge on any atom is 0.0560 e. The maximum absolute atomic E-state index is 5.65. The van der Waals surface area contributed by atoms with Gasteiger partial charge in [-0.25, -0.2) is 0 Å². The van der Waals surface area contributed by atoms with E-state index in [1.54, 1.807) is 0 Å². The zero-order valence-corrected chi connectivity index (χ0v) is 11.0. The lowest BCUT2D eigenvalue weighted by molar-refractivity contribution is 0.775. The second-order valence-electron chi connectivity index (χ2n) is 5.05. The minimum absolute atomic E-state index is 0.504. The molecule has 0 amide bonds. The van der Waals surface area contributed by atoms with Crippen LogP contribution in [0.4, 0.5) is 5.69 Å². The van der Waals surface area contributed by atoms with Crippen LogP contribution in [-0.2, 0) is 6.54 Å². The largest absolute Gasteiger partial charge is 0.371 e. The van der Waals surface area contributed by atoms with Gasteiger partial charge in [-0.15, -0.1) is 0 Å². The molecule has 1 fully saturated rings. The van der Waals surface area contributed by atoms with E-state index in [9.17, 15) is 0 Å². The minimum atomic E-state index is 0.504. The number of rotatable bonds is 3. The number of nitrogens with zero attached hydrogens (tertiary/aromatic N) is 2. The SMILES string of the molecule is NCc1cc(N2CCC(c3ccccc3)C2)ccn1. The standard InChI is InChI=1S/C16H19N3/c17-11-15-10-16(6-8-18-15)19-9-7-14(12-19)13-4-2-1-3-5-13/h1-6,8,10,14H,7,9,11-12,17H2. The summed E-state index contributed by atoms with van der Waals surface area (Å²) in [5.41, 5.74) is 9.30. The number of benzene rings is 1. The van der Waals surface area contributed by atoms with Crippen molar-refractivity contribution >= 4 is 5.69 Å². The lowest BCUT2D eigenvalue weighted by atomic mass is 9.99. The summed E-state index contributed by atoms with van der Waals surface area (Å²) in [5.74, 6) is 0.635. The Morgan fingerprint density at radius 2 is 2.05 bits per heavy atom. The molecule has 0 aliphatic carbocycles. The second-order valence-corrected chi connectivity index (χ2v) is 5.05. The minimum Gasteiger partial charge on any atom is -0.371 e. The normalized spacial score (nSPS) is 18.8. The summed E-state index contributed by atoms with van der Waals surface area (Å²) in [6, 6.07) is 15.0. The second kappa shape index (κ2) is 5.41. The molecule has 2 heterocycles. The Hall–Kier alpha value is -1.87. The van der Waals surface area contributed by atoms with Gasteiger partial charge >= 0.3 is 0 Å². The smallest absolute Gasteiger partial charge is 0.0560 e. The number of hydrogen-bond acceptors (Lipinski definition) is 3. The van der Waals surface area contributed by atoms with Gasteiger partial charge in [0.1, 0.15) is 0 Å². The summed E-state index contributed by atoms with van der Waals surface area (Å²) in [6.07, 6.45) is 3.07. The van der Waals surface area contributed by atoms with Gasteiger partial charge < -0.3 is 10.6 Å². The Labute approximate surface area is 114 Å². The van der Waals surface area contributed by atoms with E-state index < -0.39 is 0 Å². The van der Waals surface area contributed by atoms with Crippen LogP contribution in [0.1, 0.15) is 23.6 Å². The van der Waals surface area contributed by atoms with Gasteiger partial charge in [0, 0.05) is 37.4 Å². The van der Waals surface area contributed by atoms with Crippen LogP contribution in [0.3, 0.4) is 0 Å². The van der Waals surface area contributed by atoms with Gasteiger partial charge in [-0.3, -0.25) is 4.98 Å². The van der Waals surface area contributed by atoms with Gasteiger partial charge in [0.15, 0.2) is 0 Å².